The SMILES string of the molecule is CCCCCCC#CC(C)(C(=O)OCC)C(O)c1ccc(Cl)cc1. The first-order valence-electron chi connectivity index (χ1n) is 8.56. The molecule has 0 aliphatic heterocycles. The van der Waals surface area contributed by atoms with Gasteiger partial charge >= 0.3 is 5.97 Å². The van der Waals surface area contributed by atoms with Crippen LogP contribution in [0.1, 0.15) is 64.5 Å². The molecule has 0 bridgehead atoms. The second-order valence-corrected chi connectivity index (χ2v) is 6.43. The first-order chi connectivity index (χ1) is 11.5. The lowest BCUT2D eigenvalue weighted by Gasteiger charge is -2.27. The van der Waals surface area contributed by atoms with Crippen molar-refractivity contribution < 1.29 is 14.6 Å². The highest BCUT2D eigenvalue weighted by atomic mass is 35.5. The van der Waals surface area contributed by atoms with Crippen LogP contribution in [0.2, 0.25) is 5.02 Å². The minimum Gasteiger partial charge on any atom is -0.465 e. The van der Waals surface area contributed by atoms with E-state index in [0.29, 0.717) is 17.0 Å². The molecule has 1 N–H and O–H groups in total. The summed E-state index contributed by atoms with van der Waals surface area (Å²) in [5, 5.41) is 11.3. The molecule has 24 heavy (non-hydrogen) atoms. The summed E-state index contributed by atoms with van der Waals surface area (Å²) in [7, 11) is 0. The predicted molar refractivity (Wildman–Crippen MR) is 97.7 cm³/mol. The molecule has 0 radical (unpaired) electrons. The molecule has 0 saturated carbocycles. The van der Waals surface area contributed by atoms with E-state index in [1.54, 1.807) is 38.1 Å². The van der Waals surface area contributed by atoms with Crippen molar-refractivity contribution in [2.24, 2.45) is 5.41 Å². The molecule has 0 aromatic heterocycles. The maximum absolute atomic E-state index is 12.4. The summed E-state index contributed by atoms with van der Waals surface area (Å²) in [5.41, 5.74) is -0.704. The van der Waals surface area contributed by atoms with Crippen LogP contribution in [-0.2, 0) is 9.53 Å². The number of halogens is 1. The fourth-order valence-electron chi connectivity index (χ4n) is 2.38. The van der Waals surface area contributed by atoms with Gasteiger partial charge in [0.25, 0.3) is 0 Å². The molecule has 0 aliphatic rings. The van der Waals surface area contributed by atoms with Crippen molar-refractivity contribution in [3.05, 3.63) is 34.9 Å². The van der Waals surface area contributed by atoms with Gasteiger partial charge in [-0.2, -0.15) is 0 Å². The molecule has 1 aromatic rings. The number of esters is 1. The molecular weight excluding hydrogens is 324 g/mol. The summed E-state index contributed by atoms with van der Waals surface area (Å²) in [6.45, 7) is 5.78. The van der Waals surface area contributed by atoms with Crippen LogP contribution < -0.4 is 0 Å². The third-order valence-electron chi connectivity index (χ3n) is 3.94. The van der Waals surface area contributed by atoms with E-state index in [9.17, 15) is 9.90 Å². The molecule has 4 heteroatoms. The van der Waals surface area contributed by atoms with E-state index >= 15 is 0 Å². The van der Waals surface area contributed by atoms with Gasteiger partial charge in [0, 0.05) is 11.4 Å². The van der Waals surface area contributed by atoms with E-state index in [0.717, 1.165) is 12.8 Å². The monoisotopic (exact) mass is 350 g/mol. The van der Waals surface area contributed by atoms with Crippen molar-refractivity contribution >= 4 is 17.6 Å². The van der Waals surface area contributed by atoms with Gasteiger partial charge in [-0.1, -0.05) is 55.8 Å². The zero-order chi connectivity index (χ0) is 18.0. The van der Waals surface area contributed by atoms with E-state index in [-0.39, 0.29) is 6.61 Å². The van der Waals surface area contributed by atoms with Gasteiger partial charge in [-0.3, -0.25) is 4.79 Å². The summed E-state index contributed by atoms with van der Waals surface area (Å²) in [6.07, 6.45) is 4.12. The van der Waals surface area contributed by atoms with Gasteiger partial charge in [0.15, 0.2) is 5.41 Å². The number of benzene rings is 1. The lowest BCUT2D eigenvalue weighted by molar-refractivity contribution is -0.156. The Hall–Kier alpha value is -1.50. The van der Waals surface area contributed by atoms with Crippen LogP contribution in [0.5, 0.6) is 0 Å². The first-order valence-corrected chi connectivity index (χ1v) is 8.94. The molecule has 0 amide bonds. The average molecular weight is 351 g/mol. The highest BCUT2D eigenvalue weighted by Crippen LogP contribution is 2.35. The van der Waals surface area contributed by atoms with Crippen molar-refractivity contribution in [2.75, 3.05) is 6.61 Å². The fraction of sp³-hybridized carbons (Fsp3) is 0.550. The van der Waals surface area contributed by atoms with E-state index in [4.69, 9.17) is 16.3 Å². The highest BCUT2D eigenvalue weighted by Gasteiger charge is 2.41. The van der Waals surface area contributed by atoms with Gasteiger partial charge in [0.1, 0.15) is 6.10 Å². The van der Waals surface area contributed by atoms with Gasteiger partial charge in [-0.25, -0.2) is 0 Å². The van der Waals surface area contributed by atoms with Crippen LogP contribution in [0.4, 0.5) is 0 Å². The molecule has 0 spiro atoms. The van der Waals surface area contributed by atoms with Crippen molar-refractivity contribution in [3.8, 4) is 11.8 Å². The number of carbonyl (C=O) groups is 1. The third kappa shape index (κ3) is 5.85. The minimum absolute atomic E-state index is 0.250. The normalized spacial score (nSPS) is 14.2. The second-order valence-electron chi connectivity index (χ2n) is 5.99. The number of ether oxygens (including phenoxy) is 1. The Morgan fingerprint density at radius 1 is 1.25 bits per heavy atom. The van der Waals surface area contributed by atoms with E-state index in [2.05, 4.69) is 18.8 Å². The van der Waals surface area contributed by atoms with Crippen molar-refractivity contribution in [2.45, 2.75) is 59.0 Å². The molecule has 1 rings (SSSR count). The van der Waals surface area contributed by atoms with Crippen molar-refractivity contribution in [1.29, 1.82) is 0 Å². The molecule has 0 saturated heterocycles. The van der Waals surface area contributed by atoms with Crippen LogP contribution in [-0.4, -0.2) is 17.7 Å². The van der Waals surface area contributed by atoms with E-state index in [1.807, 2.05) is 0 Å². The average Bonchev–Trinajstić information content (AvgIpc) is 2.58. The number of carbonyl (C=O) groups excluding carboxylic acids is 1. The number of aliphatic hydroxyl groups is 1. The lowest BCUT2D eigenvalue weighted by atomic mass is 9.81. The quantitative estimate of drug-likeness (QED) is 0.411. The van der Waals surface area contributed by atoms with Gasteiger partial charge in [-0.05, 0) is 38.0 Å². The van der Waals surface area contributed by atoms with Crippen LogP contribution >= 0.6 is 11.6 Å². The van der Waals surface area contributed by atoms with Crippen molar-refractivity contribution in [3.63, 3.8) is 0 Å². The summed E-state index contributed by atoms with van der Waals surface area (Å²) >= 11 is 5.89. The van der Waals surface area contributed by atoms with Crippen LogP contribution in [0.25, 0.3) is 0 Å². The van der Waals surface area contributed by atoms with Crippen LogP contribution in [0.3, 0.4) is 0 Å². The van der Waals surface area contributed by atoms with Gasteiger partial charge in [0.05, 0.1) is 6.61 Å². The molecule has 0 fully saturated rings. The number of aliphatic hydroxyl groups excluding tert-OH is 1. The Labute approximate surface area is 150 Å². The number of rotatable bonds is 8. The van der Waals surface area contributed by atoms with Gasteiger partial charge < -0.3 is 9.84 Å². The summed E-state index contributed by atoms with van der Waals surface area (Å²) in [5.74, 6) is 5.51. The zero-order valence-corrected chi connectivity index (χ0v) is 15.5. The molecule has 2 unspecified atom stereocenters. The molecule has 0 heterocycles. The summed E-state index contributed by atoms with van der Waals surface area (Å²) in [4.78, 5) is 12.4. The molecule has 2 atom stereocenters. The second kappa shape index (κ2) is 10.4. The highest BCUT2D eigenvalue weighted by molar-refractivity contribution is 6.30. The number of hydrogen-bond donors (Lipinski definition) is 1. The van der Waals surface area contributed by atoms with Crippen LogP contribution in [0.15, 0.2) is 24.3 Å². The Morgan fingerprint density at radius 3 is 2.50 bits per heavy atom. The van der Waals surface area contributed by atoms with Crippen LogP contribution in [0, 0.1) is 17.3 Å². The number of unbranched alkanes of at least 4 members (excludes halogenated alkanes) is 4. The Bertz CT molecular complexity index is 571. The summed E-state index contributed by atoms with van der Waals surface area (Å²) < 4.78 is 5.14. The minimum atomic E-state index is -1.30. The van der Waals surface area contributed by atoms with Gasteiger partial charge in [0.2, 0.25) is 0 Å². The Morgan fingerprint density at radius 2 is 1.92 bits per heavy atom. The molecule has 3 nitrogen and oxygen atoms in total. The standard InChI is InChI=1S/C20H27ClO3/c1-4-6-7-8-9-10-15-20(3,19(23)24-5-2)18(22)16-11-13-17(21)14-12-16/h11-14,18,22H,4-9H2,1-3H3. The molecule has 0 aliphatic carbocycles. The zero-order valence-electron chi connectivity index (χ0n) is 14.8. The van der Waals surface area contributed by atoms with Gasteiger partial charge in [-0.15, -0.1) is 5.92 Å². The smallest absolute Gasteiger partial charge is 0.327 e. The lowest BCUT2D eigenvalue weighted by Crippen LogP contribution is -2.35. The largest absolute Gasteiger partial charge is 0.465 e. The Balaban J connectivity index is 2.95. The predicted octanol–water partition coefficient (Wildman–Crippen LogP) is 4.92. The summed E-state index contributed by atoms with van der Waals surface area (Å²) in [6, 6.07) is 6.77. The third-order valence-corrected chi connectivity index (χ3v) is 4.19. The maximum atomic E-state index is 12.4. The molecular formula is C20H27ClO3. The van der Waals surface area contributed by atoms with E-state index in [1.165, 1.54) is 12.8 Å². The Kier molecular flexibility index (Phi) is 8.89. The maximum Gasteiger partial charge on any atom is 0.327 e. The van der Waals surface area contributed by atoms with E-state index < -0.39 is 17.5 Å². The molecule has 132 valence electrons. The fourth-order valence-corrected chi connectivity index (χ4v) is 2.50. The molecule has 1 aromatic carbocycles. The first kappa shape index (κ1) is 20.5. The topological polar surface area (TPSA) is 46.5 Å². The van der Waals surface area contributed by atoms with Crippen molar-refractivity contribution in [1.82, 2.24) is 0 Å². The number of hydrogen-bond acceptors (Lipinski definition) is 3.